The monoisotopic (exact) mass is 403 g/mol. The molecule has 2 N–H and O–H groups in total. The Kier molecular flexibility index (Phi) is 6.50. The zero-order chi connectivity index (χ0) is 17.8. The molecule has 0 aromatic heterocycles. The molecule has 2 aromatic rings. The van der Waals surface area contributed by atoms with Crippen LogP contribution in [0.2, 0.25) is 0 Å². The van der Waals surface area contributed by atoms with Crippen LogP contribution in [0.25, 0.3) is 0 Å². The van der Waals surface area contributed by atoms with Gasteiger partial charge in [-0.05, 0) is 18.2 Å². The van der Waals surface area contributed by atoms with Crippen LogP contribution in [0.15, 0.2) is 46.6 Å². The summed E-state index contributed by atoms with van der Waals surface area (Å²) in [6, 6.07) is 8.42. The zero-order valence-corrected chi connectivity index (χ0v) is 14.6. The van der Waals surface area contributed by atoms with Crippen molar-refractivity contribution in [3.8, 4) is 11.5 Å². The van der Waals surface area contributed by atoms with Gasteiger partial charge in [0, 0.05) is 53.8 Å². The molecule has 26 heavy (non-hydrogen) atoms. The maximum atomic E-state index is 10.8. The van der Waals surface area contributed by atoms with E-state index in [-0.39, 0.29) is 45.3 Å². The normalized spacial score (nSPS) is 14.2. The van der Waals surface area contributed by atoms with Gasteiger partial charge in [0.1, 0.15) is 22.9 Å². The molecule has 1 saturated heterocycles. The Bertz CT molecular complexity index is 824. The van der Waals surface area contributed by atoms with Gasteiger partial charge < -0.3 is 19.8 Å². The first kappa shape index (κ1) is 19.6. The molecular weight excluding hydrogens is 387 g/mol. The largest absolute Gasteiger partial charge is 0.506 e. The van der Waals surface area contributed by atoms with Crippen LogP contribution >= 0.6 is 0 Å². The van der Waals surface area contributed by atoms with Crippen molar-refractivity contribution in [1.29, 1.82) is 0 Å². The number of rotatable bonds is 4. The van der Waals surface area contributed by atoms with Gasteiger partial charge in [0.2, 0.25) is 0 Å². The summed E-state index contributed by atoms with van der Waals surface area (Å²) in [5, 5.41) is 38.3. The minimum Gasteiger partial charge on any atom is -0.506 e. The van der Waals surface area contributed by atoms with E-state index in [4.69, 9.17) is 4.74 Å². The Morgan fingerprint density at radius 3 is 2.35 bits per heavy atom. The number of morpholine rings is 1. The van der Waals surface area contributed by atoms with Crippen LogP contribution < -0.4 is 4.90 Å². The minimum absolute atomic E-state index is 0. The van der Waals surface area contributed by atoms with Crippen LogP contribution in [-0.2, 0) is 21.5 Å². The van der Waals surface area contributed by atoms with E-state index in [0.29, 0.717) is 13.2 Å². The second-order valence-corrected chi connectivity index (χ2v) is 5.40. The number of nitro groups is 1. The van der Waals surface area contributed by atoms with Gasteiger partial charge in [0.05, 0.1) is 18.1 Å². The van der Waals surface area contributed by atoms with Crippen molar-refractivity contribution in [2.45, 2.75) is 0 Å². The molecule has 0 amide bonds. The molecule has 1 heterocycles. The number of nitrogens with zero attached hydrogens (tertiary/aromatic N) is 4. The molecular formula is C16H16CoN4O5. The number of phenolic OH excluding ortho intramolecular Hbond substituents is 2. The van der Waals surface area contributed by atoms with E-state index in [2.05, 4.69) is 15.1 Å². The number of phenols is 2. The number of azo groups is 1. The summed E-state index contributed by atoms with van der Waals surface area (Å²) < 4.78 is 5.29. The zero-order valence-electron chi connectivity index (χ0n) is 13.5. The number of aromatic hydroxyl groups is 2. The molecule has 0 spiro atoms. The number of anilines is 1. The van der Waals surface area contributed by atoms with Gasteiger partial charge in [-0.25, -0.2) is 0 Å². The van der Waals surface area contributed by atoms with Crippen LogP contribution in [-0.4, -0.2) is 41.4 Å². The SMILES string of the molecule is O=[N+]([O-])c1ccc(O)c(N=Nc2ccc(N3CCOCC3)cc2O)c1.[Co]. The van der Waals surface area contributed by atoms with Crippen molar-refractivity contribution < 1.29 is 36.7 Å². The summed E-state index contributed by atoms with van der Waals surface area (Å²) in [5.41, 5.74) is 0.783. The number of hydrogen-bond acceptors (Lipinski definition) is 8. The van der Waals surface area contributed by atoms with E-state index in [0.717, 1.165) is 24.8 Å². The van der Waals surface area contributed by atoms with Crippen LogP contribution in [0.3, 0.4) is 0 Å². The number of benzene rings is 2. The molecule has 1 fully saturated rings. The van der Waals surface area contributed by atoms with Gasteiger partial charge in [-0.1, -0.05) is 0 Å². The summed E-state index contributed by atoms with van der Waals surface area (Å²) in [6.07, 6.45) is 0. The van der Waals surface area contributed by atoms with Crippen molar-refractivity contribution in [3.63, 3.8) is 0 Å². The Morgan fingerprint density at radius 2 is 1.69 bits per heavy atom. The molecule has 0 unspecified atom stereocenters. The molecule has 0 bridgehead atoms. The fourth-order valence-corrected chi connectivity index (χ4v) is 2.43. The molecule has 2 aromatic carbocycles. The third-order valence-corrected chi connectivity index (χ3v) is 3.77. The van der Waals surface area contributed by atoms with Crippen molar-refractivity contribution in [2.24, 2.45) is 10.2 Å². The first-order valence-electron chi connectivity index (χ1n) is 7.59. The minimum atomic E-state index is -0.590. The maximum absolute atomic E-state index is 10.8. The second-order valence-electron chi connectivity index (χ2n) is 5.40. The van der Waals surface area contributed by atoms with E-state index in [9.17, 15) is 20.3 Å². The van der Waals surface area contributed by atoms with Crippen LogP contribution in [0.1, 0.15) is 0 Å². The predicted molar refractivity (Wildman–Crippen MR) is 90.1 cm³/mol. The van der Waals surface area contributed by atoms with Crippen molar-refractivity contribution >= 4 is 22.7 Å². The van der Waals surface area contributed by atoms with Crippen LogP contribution in [0.5, 0.6) is 11.5 Å². The van der Waals surface area contributed by atoms with Crippen LogP contribution in [0.4, 0.5) is 22.7 Å². The summed E-state index contributed by atoms with van der Waals surface area (Å²) in [4.78, 5) is 12.3. The number of non-ortho nitro benzene ring substituents is 1. The van der Waals surface area contributed by atoms with Crippen molar-refractivity contribution in [2.75, 3.05) is 31.2 Å². The fourth-order valence-electron chi connectivity index (χ4n) is 2.43. The molecule has 3 rings (SSSR count). The average Bonchev–Trinajstić information content (AvgIpc) is 2.62. The molecule has 0 aliphatic carbocycles. The molecule has 1 radical (unpaired) electrons. The standard InChI is InChI=1S/C16H16N4O5.Co/c21-15-4-2-12(20(23)24)9-14(15)18-17-13-3-1-11(10-16(13)22)19-5-7-25-8-6-19;/h1-4,9-10,21-22H,5-8H2;. The van der Waals surface area contributed by atoms with Crippen molar-refractivity contribution in [3.05, 3.63) is 46.5 Å². The van der Waals surface area contributed by atoms with E-state index in [1.807, 2.05) is 0 Å². The molecule has 0 saturated carbocycles. The first-order valence-corrected chi connectivity index (χ1v) is 7.59. The molecule has 1 aliphatic heterocycles. The van der Waals surface area contributed by atoms with E-state index >= 15 is 0 Å². The molecule has 139 valence electrons. The molecule has 9 nitrogen and oxygen atoms in total. The second kappa shape index (κ2) is 8.60. The summed E-state index contributed by atoms with van der Waals surface area (Å²) >= 11 is 0. The topological polar surface area (TPSA) is 121 Å². The van der Waals surface area contributed by atoms with Crippen LogP contribution in [0, 0.1) is 10.1 Å². The number of ether oxygens (including phenoxy) is 1. The maximum Gasteiger partial charge on any atom is 0.271 e. The van der Waals surface area contributed by atoms with Crippen molar-refractivity contribution in [1.82, 2.24) is 0 Å². The Labute approximate surface area is 159 Å². The molecule has 1 aliphatic rings. The quantitative estimate of drug-likeness (QED) is 0.459. The Morgan fingerprint density at radius 1 is 1.00 bits per heavy atom. The summed E-state index contributed by atoms with van der Waals surface area (Å²) in [7, 11) is 0. The van der Waals surface area contributed by atoms with Gasteiger partial charge in [-0.2, -0.15) is 0 Å². The Balaban J connectivity index is 0.00000243. The van der Waals surface area contributed by atoms with E-state index in [1.165, 1.54) is 12.1 Å². The number of hydrogen-bond donors (Lipinski definition) is 2. The molecule has 10 heteroatoms. The third-order valence-electron chi connectivity index (χ3n) is 3.77. The number of nitro benzene ring substituents is 1. The Hall–Kier alpha value is -2.69. The first-order chi connectivity index (χ1) is 12.0. The van der Waals surface area contributed by atoms with Gasteiger partial charge in [-0.15, -0.1) is 10.2 Å². The summed E-state index contributed by atoms with van der Waals surface area (Å²) in [5.74, 6) is -0.309. The van der Waals surface area contributed by atoms with E-state index < -0.39 is 4.92 Å². The smallest absolute Gasteiger partial charge is 0.271 e. The van der Waals surface area contributed by atoms with Gasteiger partial charge in [0.15, 0.2) is 0 Å². The van der Waals surface area contributed by atoms with Gasteiger partial charge >= 0.3 is 0 Å². The summed E-state index contributed by atoms with van der Waals surface area (Å²) in [6.45, 7) is 2.74. The average molecular weight is 403 g/mol. The predicted octanol–water partition coefficient (Wildman–Crippen LogP) is 3.26. The fraction of sp³-hybridized carbons (Fsp3) is 0.250. The van der Waals surface area contributed by atoms with E-state index in [1.54, 1.807) is 18.2 Å². The van der Waals surface area contributed by atoms with Gasteiger partial charge in [0.25, 0.3) is 5.69 Å². The third kappa shape index (κ3) is 4.48. The van der Waals surface area contributed by atoms with Gasteiger partial charge in [-0.3, -0.25) is 10.1 Å². The molecule has 0 atom stereocenters.